The number of rotatable bonds is 3. The lowest BCUT2D eigenvalue weighted by atomic mass is 10.4. The molecule has 12 heavy (non-hydrogen) atoms. The summed E-state index contributed by atoms with van der Waals surface area (Å²) in [5, 5.41) is 2.55. The number of amides is 1. The molecular formula is C7H11N3O2. The quantitative estimate of drug-likeness (QED) is 0.635. The standard InChI is InChI=1S/C7H11N3O2/c1-10-4-8-3-6(10)7(11)9-5-12-2/h3-4H,5H2,1-2H3,(H,9,11). The maximum atomic E-state index is 11.2. The normalized spacial score (nSPS) is 9.83. The summed E-state index contributed by atoms with van der Waals surface area (Å²) in [6.07, 6.45) is 3.08. The third-order valence-corrected chi connectivity index (χ3v) is 1.43. The first kappa shape index (κ1) is 8.73. The van der Waals surface area contributed by atoms with E-state index in [0.717, 1.165) is 0 Å². The molecule has 1 amide bonds. The summed E-state index contributed by atoms with van der Waals surface area (Å²) in [7, 11) is 3.28. The molecule has 66 valence electrons. The minimum absolute atomic E-state index is 0.183. The van der Waals surface area contributed by atoms with Crippen LogP contribution in [0.2, 0.25) is 0 Å². The first-order valence-electron chi connectivity index (χ1n) is 3.49. The summed E-state index contributed by atoms with van der Waals surface area (Å²) in [4.78, 5) is 15.0. The molecule has 1 rings (SSSR count). The van der Waals surface area contributed by atoms with Crippen molar-refractivity contribution in [1.82, 2.24) is 14.9 Å². The van der Waals surface area contributed by atoms with Crippen LogP contribution >= 0.6 is 0 Å². The number of hydrogen-bond acceptors (Lipinski definition) is 3. The summed E-state index contributed by atoms with van der Waals surface area (Å²) in [6, 6.07) is 0. The molecule has 0 fully saturated rings. The molecule has 5 nitrogen and oxygen atoms in total. The molecule has 0 unspecified atom stereocenters. The Bertz CT molecular complexity index is 269. The van der Waals surface area contributed by atoms with Gasteiger partial charge in [-0.25, -0.2) is 4.98 Å². The van der Waals surface area contributed by atoms with Gasteiger partial charge < -0.3 is 14.6 Å². The summed E-state index contributed by atoms with van der Waals surface area (Å²) >= 11 is 0. The molecule has 0 atom stereocenters. The zero-order chi connectivity index (χ0) is 8.97. The van der Waals surface area contributed by atoms with E-state index in [0.29, 0.717) is 5.69 Å². The Morgan fingerprint density at radius 2 is 2.58 bits per heavy atom. The van der Waals surface area contributed by atoms with Crippen molar-refractivity contribution in [2.75, 3.05) is 13.8 Å². The first-order chi connectivity index (χ1) is 5.75. The van der Waals surface area contributed by atoms with Crippen molar-refractivity contribution >= 4 is 5.91 Å². The van der Waals surface area contributed by atoms with Gasteiger partial charge in [-0.05, 0) is 0 Å². The van der Waals surface area contributed by atoms with Gasteiger partial charge in [-0.1, -0.05) is 0 Å². The number of aryl methyl sites for hydroxylation is 1. The number of ether oxygens (including phenoxy) is 1. The summed E-state index contributed by atoms with van der Waals surface area (Å²) in [5.74, 6) is -0.183. The molecule has 0 bridgehead atoms. The Kier molecular flexibility index (Phi) is 2.82. The van der Waals surface area contributed by atoms with E-state index >= 15 is 0 Å². The van der Waals surface area contributed by atoms with Gasteiger partial charge in [0.2, 0.25) is 0 Å². The highest BCUT2D eigenvalue weighted by Crippen LogP contribution is 1.94. The zero-order valence-corrected chi connectivity index (χ0v) is 7.07. The number of nitrogens with one attached hydrogen (secondary N) is 1. The van der Waals surface area contributed by atoms with Crippen LogP contribution in [0.5, 0.6) is 0 Å². The number of carbonyl (C=O) groups excluding carboxylic acids is 1. The average Bonchev–Trinajstić information content (AvgIpc) is 2.47. The fraction of sp³-hybridized carbons (Fsp3) is 0.429. The molecule has 1 aromatic rings. The van der Waals surface area contributed by atoms with Crippen LogP contribution in [0, 0.1) is 0 Å². The van der Waals surface area contributed by atoms with Crippen molar-refractivity contribution in [2.45, 2.75) is 0 Å². The highest BCUT2D eigenvalue weighted by Gasteiger charge is 2.07. The molecule has 0 saturated heterocycles. The highest BCUT2D eigenvalue weighted by atomic mass is 16.5. The lowest BCUT2D eigenvalue weighted by Gasteiger charge is -2.02. The molecule has 0 aromatic carbocycles. The predicted molar refractivity (Wildman–Crippen MR) is 42.6 cm³/mol. The van der Waals surface area contributed by atoms with Crippen LogP contribution in [0.1, 0.15) is 10.5 Å². The number of carbonyl (C=O) groups is 1. The van der Waals surface area contributed by atoms with E-state index in [1.54, 1.807) is 17.9 Å². The van der Waals surface area contributed by atoms with Crippen LogP contribution in [-0.4, -0.2) is 29.3 Å². The number of methoxy groups -OCH3 is 1. The second-order valence-electron chi connectivity index (χ2n) is 2.33. The van der Waals surface area contributed by atoms with Crippen molar-refractivity contribution in [3.8, 4) is 0 Å². The summed E-state index contributed by atoms with van der Waals surface area (Å²) < 4.78 is 6.33. The number of nitrogens with zero attached hydrogens (tertiary/aromatic N) is 2. The van der Waals surface area contributed by atoms with Crippen LogP contribution in [0.15, 0.2) is 12.5 Å². The van der Waals surface area contributed by atoms with Gasteiger partial charge in [0.25, 0.3) is 5.91 Å². The fourth-order valence-electron chi connectivity index (χ4n) is 0.804. The first-order valence-corrected chi connectivity index (χ1v) is 3.49. The summed E-state index contributed by atoms with van der Waals surface area (Å²) in [5.41, 5.74) is 0.520. The number of hydrogen-bond donors (Lipinski definition) is 1. The lowest BCUT2D eigenvalue weighted by molar-refractivity contribution is 0.0864. The smallest absolute Gasteiger partial charge is 0.271 e. The van der Waals surface area contributed by atoms with Crippen molar-refractivity contribution in [3.63, 3.8) is 0 Å². The Balaban J connectivity index is 2.59. The highest BCUT2D eigenvalue weighted by molar-refractivity contribution is 5.92. The molecule has 0 saturated carbocycles. The van der Waals surface area contributed by atoms with Gasteiger partial charge in [0, 0.05) is 14.2 Å². The summed E-state index contributed by atoms with van der Waals surface area (Å²) in [6.45, 7) is 0.212. The van der Waals surface area contributed by atoms with E-state index in [1.165, 1.54) is 13.3 Å². The maximum absolute atomic E-state index is 11.2. The topological polar surface area (TPSA) is 56.1 Å². The minimum Gasteiger partial charge on any atom is -0.364 e. The molecule has 0 aliphatic heterocycles. The molecule has 0 spiro atoms. The van der Waals surface area contributed by atoms with E-state index in [2.05, 4.69) is 15.0 Å². The van der Waals surface area contributed by atoms with E-state index in [4.69, 9.17) is 0 Å². The second kappa shape index (κ2) is 3.87. The van der Waals surface area contributed by atoms with Crippen molar-refractivity contribution in [1.29, 1.82) is 0 Å². The SMILES string of the molecule is COCNC(=O)c1cncn1C. The molecule has 0 radical (unpaired) electrons. The van der Waals surface area contributed by atoms with E-state index in [1.807, 2.05) is 0 Å². The van der Waals surface area contributed by atoms with E-state index < -0.39 is 0 Å². The fourth-order valence-corrected chi connectivity index (χ4v) is 0.804. The molecule has 1 aromatic heterocycles. The predicted octanol–water partition coefficient (Wildman–Crippen LogP) is -0.246. The number of aromatic nitrogens is 2. The average molecular weight is 169 g/mol. The van der Waals surface area contributed by atoms with Crippen LogP contribution in [0.25, 0.3) is 0 Å². The van der Waals surface area contributed by atoms with Crippen molar-refractivity contribution in [2.24, 2.45) is 7.05 Å². The second-order valence-corrected chi connectivity index (χ2v) is 2.33. The van der Waals surface area contributed by atoms with Crippen LogP contribution in [0.4, 0.5) is 0 Å². The maximum Gasteiger partial charge on any atom is 0.271 e. The van der Waals surface area contributed by atoms with E-state index in [9.17, 15) is 4.79 Å². The van der Waals surface area contributed by atoms with Crippen molar-refractivity contribution in [3.05, 3.63) is 18.2 Å². The van der Waals surface area contributed by atoms with Crippen LogP contribution in [-0.2, 0) is 11.8 Å². The van der Waals surface area contributed by atoms with E-state index in [-0.39, 0.29) is 12.6 Å². The molecule has 0 aliphatic carbocycles. The Hall–Kier alpha value is -1.36. The molecule has 5 heteroatoms. The molecule has 0 aliphatic rings. The van der Waals surface area contributed by atoms with Gasteiger partial charge in [0.15, 0.2) is 0 Å². The van der Waals surface area contributed by atoms with Crippen LogP contribution < -0.4 is 5.32 Å². The van der Waals surface area contributed by atoms with Gasteiger partial charge in [0.1, 0.15) is 12.4 Å². The molecule has 1 heterocycles. The van der Waals surface area contributed by atoms with Crippen LogP contribution in [0.3, 0.4) is 0 Å². The molecular weight excluding hydrogens is 158 g/mol. The Labute approximate surface area is 70.4 Å². The third-order valence-electron chi connectivity index (χ3n) is 1.43. The van der Waals surface area contributed by atoms with Crippen molar-refractivity contribution < 1.29 is 9.53 Å². The minimum atomic E-state index is -0.183. The van der Waals surface area contributed by atoms with Gasteiger partial charge in [-0.3, -0.25) is 4.79 Å². The Morgan fingerprint density at radius 1 is 1.83 bits per heavy atom. The van der Waals surface area contributed by atoms with Gasteiger partial charge in [0.05, 0.1) is 12.5 Å². The molecule has 1 N–H and O–H groups in total. The number of imidazole rings is 1. The third kappa shape index (κ3) is 1.82. The zero-order valence-electron chi connectivity index (χ0n) is 7.07. The Morgan fingerprint density at radius 3 is 3.08 bits per heavy atom. The monoisotopic (exact) mass is 169 g/mol. The van der Waals surface area contributed by atoms with Gasteiger partial charge in [-0.2, -0.15) is 0 Å². The largest absolute Gasteiger partial charge is 0.364 e. The van der Waals surface area contributed by atoms with Gasteiger partial charge in [-0.15, -0.1) is 0 Å². The lowest BCUT2D eigenvalue weighted by Crippen LogP contribution is -2.26. The van der Waals surface area contributed by atoms with Gasteiger partial charge >= 0.3 is 0 Å².